The molecule has 0 spiro atoms. The van der Waals surface area contributed by atoms with Crippen molar-refractivity contribution in [1.29, 1.82) is 0 Å². The number of likely N-dealkylation sites (N-methyl/N-ethyl adjacent to an activating group) is 1. The van der Waals surface area contributed by atoms with Crippen LogP contribution in [-0.4, -0.2) is 54.4 Å². The van der Waals surface area contributed by atoms with Crippen molar-refractivity contribution in [2.75, 3.05) is 33.8 Å². The van der Waals surface area contributed by atoms with Gasteiger partial charge in [0.05, 0.1) is 12.8 Å². The first-order valence-electron chi connectivity index (χ1n) is 5.80. The van der Waals surface area contributed by atoms with E-state index in [9.17, 15) is 4.79 Å². The van der Waals surface area contributed by atoms with Gasteiger partial charge in [-0.15, -0.1) is 0 Å². The molecule has 2 heterocycles. The molecule has 94 valence electrons. The lowest BCUT2D eigenvalue weighted by Crippen LogP contribution is -2.31. The standard InChI is InChI=1S/C11H18N4O2/c1-14(2)6-4-12-10(16)9-8-13-15-5-3-7-17-11(9)15/h8H,3-7H2,1-2H3,(H,12,16). The average Bonchev–Trinajstić information content (AvgIpc) is 2.72. The molecule has 1 aliphatic heterocycles. The van der Waals surface area contributed by atoms with Crippen molar-refractivity contribution in [2.24, 2.45) is 0 Å². The van der Waals surface area contributed by atoms with E-state index in [2.05, 4.69) is 10.4 Å². The van der Waals surface area contributed by atoms with E-state index in [1.54, 1.807) is 10.9 Å². The first-order chi connectivity index (χ1) is 8.18. The van der Waals surface area contributed by atoms with Crippen LogP contribution in [0.4, 0.5) is 0 Å². The van der Waals surface area contributed by atoms with Crippen LogP contribution in [0.5, 0.6) is 5.88 Å². The lowest BCUT2D eigenvalue weighted by atomic mass is 10.3. The fraction of sp³-hybridized carbons (Fsp3) is 0.636. The van der Waals surface area contributed by atoms with Gasteiger partial charge in [0.15, 0.2) is 0 Å². The summed E-state index contributed by atoms with van der Waals surface area (Å²) < 4.78 is 7.21. The second-order valence-corrected chi connectivity index (χ2v) is 4.35. The molecule has 0 fully saturated rings. The number of fused-ring (bicyclic) bond motifs is 1. The summed E-state index contributed by atoms with van der Waals surface area (Å²) in [6.07, 6.45) is 2.52. The fourth-order valence-corrected chi connectivity index (χ4v) is 1.71. The van der Waals surface area contributed by atoms with Crippen molar-refractivity contribution in [2.45, 2.75) is 13.0 Å². The maximum absolute atomic E-state index is 11.9. The Labute approximate surface area is 101 Å². The minimum atomic E-state index is -0.116. The summed E-state index contributed by atoms with van der Waals surface area (Å²) in [5.41, 5.74) is 0.531. The van der Waals surface area contributed by atoms with E-state index in [0.29, 0.717) is 24.6 Å². The summed E-state index contributed by atoms with van der Waals surface area (Å²) in [7, 11) is 3.94. The van der Waals surface area contributed by atoms with Gasteiger partial charge in [-0.25, -0.2) is 4.68 Å². The van der Waals surface area contributed by atoms with Crippen LogP contribution in [0.3, 0.4) is 0 Å². The summed E-state index contributed by atoms with van der Waals surface area (Å²) in [6, 6.07) is 0. The van der Waals surface area contributed by atoms with Gasteiger partial charge in [-0.05, 0) is 14.1 Å². The van der Waals surface area contributed by atoms with Crippen molar-refractivity contribution in [3.8, 4) is 5.88 Å². The first kappa shape index (κ1) is 11.9. The molecule has 1 N–H and O–H groups in total. The molecule has 0 saturated carbocycles. The predicted molar refractivity (Wildman–Crippen MR) is 63.2 cm³/mol. The van der Waals surface area contributed by atoms with Gasteiger partial charge in [0, 0.05) is 26.1 Å². The van der Waals surface area contributed by atoms with Crippen LogP contribution in [0, 0.1) is 0 Å². The molecular weight excluding hydrogens is 220 g/mol. The third-order valence-corrected chi connectivity index (χ3v) is 2.63. The highest BCUT2D eigenvalue weighted by Gasteiger charge is 2.21. The molecule has 0 aliphatic carbocycles. The van der Waals surface area contributed by atoms with Gasteiger partial charge in [0.25, 0.3) is 5.91 Å². The Hall–Kier alpha value is -1.56. The molecule has 0 unspecified atom stereocenters. The molecule has 1 aromatic rings. The Bertz CT molecular complexity index is 400. The number of aromatic nitrogens is 2. The number of carbonyl (C=O) groups is 1. The number of hydrogen-bond acceptors (Lipinski definition) is 4. The molecule has 2 rings (SSSR count). The number of aryl methyl sites for hydroxylation is 1. The van der Waals surface area contributed by atoms with Crippen molar-refractivity contribution < 1.29 is 9.53 Å². The van der Waals surface area contributed by atoms with E-state index in [1.807, 2.05) is 19.0 Å². The van der Waals surface area contributed by atoms with Crippen LogP contribution in [0.25, 0.3) is 0 Å². The Kier molecular flexibility index (Phi) is 3.63. The van der Waals surface area contributed by atoms with Gasteiger partial charge in [-0.2, -0.15) is 5.10 Å². The van der Waals surface area contributed by atoms with Crippen molar-refractivity contribution in [3.05, 3.63) is 11.8 Å². The Morgan fingerprint density at radius 1 is 1.65 bits per heavy atom. The third-order valence-electron chi connectivity index (χ3n) is 2.63. The van der Waals surface area contributed by atoms with E-state index in [0.717, 1.165) is 19.5 Å². The summed E-state index contributed by atoms with van der Waals surface area (Å²) in [6.45, 7) is 2.91. The number of amides is 1. The summed E-state index contributed by atoms with van der Waals surface area (Å²) in [5.74, 6) is 0.480. The Morgan fingerprint density at radius 2 is 2.47 bits per heavy atom. The van der Waals surface area contributed by atoms with Crippen LogP contribution in [0.15, 0.2) is 6.20 Å². The quantitative estimate of drug-likeness (QED) is 0.799. The Balaban J connectivity index is 1.97. The molecule has 0 aromatic carbocycles. The number of nitrogens with zero attached hydrogens (tertiary/aromatic N) is 3. The van der Waals surface area contributed by atoms with Gasteiger partial charge in [0.1, 0.15) is 5.56 Å². The van der Waals surface area contributed by atoms with Crippen LogP contribution in [-0.2, 0) is 6.54 Å². The van der Waals surface area contributed by atoms with E-state index in [-0.39, 0.29) is 5.91 Å². The minimum absolute atomic E-state index is 0.116. The first-order valence-corrected chi connectivity index (χ1v) is 5.80. The van der Waals surface area contributed by atoms with Crippen LogP contribution in [0.1, 0.15) is 16.8 Å². The number of nitrogens with one attached hydrogen (secondary N) is 1. The fourth-order valence-electron chi connectivity index (χ4n) is 1.71. The highest BCUT2D eigenvalue weighted by atomic mass is 16.5. The van der Waals surface area contributed by atoms with E-state index >= 15 is 0 Å². The van der Waals surface area contributed by atoms with Crippen molar-refractivity contribution in [1.82, 2.24) is 20.0 Å². The monoisotopic (exact) mass is 238 g/mol. The highest BCUT2D eigenvalue weighted by molar-refractivity contribution is 5.96. The van der Waals surface area contributed by atoms with Crippen LogP contribution < -0.4 is 10.1 Å². The Morgan fingerprint density at radius 3 is 3.24 bits per heavy atom. The molecule has 6 nitrogen and oxygen atoms in total. The lowest BCUT2D eigenvalue weighted by molar-refractivity contribution is 0.0944. The largest absolute Gasteiger partial charge is 0.477 e. The second-order valence-electron chi connectivity index (χ2n) is 4.35. The second kappa shape index (κ2) is 5.18. The third kappa shape index (κ3) is 2.76. The molecule has 1 aromatic heterocycles. The molecule has 1 aliphatic rings. The maximum Gasteiger partial charge on any atom is 0.258 e. The van der Waals surface area contributed by atoms with Gasteiger partial charge in [-0.1, -0.05) is 0 Å². The van der Waals surface area contributed by atoms with Gasteiger partial charge in [-0.3, -0.25) is 4.79 Å². The molecule has 6 heteroatoms. The minimum Gasteiger partial charge on any atom is -0.477 e. The van der Waals surface area contributed by atoms with E-state index < -0.39 is 0 Å². The molecule has 1 amide bonds. The predicted octanol–water partition coefficient (Wildman–Crippen LogP) is -0.0430. The number of ether oxygens (including phenoxy) is 1. The van der Waals surface area contributed by atoms with Gasteiger partial charge < -0.3 is 15.0 Å². The average molecular weight is 238 g/mol. The topological polar surface area (TPSA) is 59.4 Å². The number of rotatable bonds is 4. The van der Waals surface area contributed by atoms with Crippen molar-refractivity contribution in [3.63, 3.8) is 0 Å². The van der Waals surface area contributed by atoms with Crippen LogP contribution in [0.2, 0.25) is 0 Å². The molecule has 17 heavy (non-hydrogen) atoms. The van der Waals surface area contributed by atoms with Crippen LogP contribution >= 0.6 is 0 Å². The molecule has 0 bridgehead atoms. The van der Waals surface area contributed by atoms with Gasteiger partial charge in [0.2, 0.25) is 5.88 Å². The van der Waals surface area contributed by atoms with Gasteiger partial charge >= 0.3 is 0 Å². The molecular formula is C11H18N4O2. The lowest BCUT2D eigenvalue weighted by Gasteiger charge is -2.16. The van der Waals surface area contributed by atoms with E-state index in [1.165, 1.54) is 0 Å². The maximum atomic E-state index is 11.9. The van der Waals surface area contributed by atoms with Crippen molar-refractivity contribution >= 4 is 5.91 Å². The summed E-state index contributed by atoms with van der Waals surface area (Å²) >= 11 is 0. The van der Waals surface area contributed by atoms with E-state index in [4.69, 9.17) is 4.74 Å². The summed E-state index contributed by atoms with van der Waals surface area (Å²) in [5, 5.41) is 6.99. The zero-order valence-corrected chi connectivity index (χ0v) is 10.3. The molecule has 0 saturated heterocycles. The SMILES string of the molecule is CN(C)CCNC(=O)c1cnn2c1OCCC2. The molecule has 0 atom stereocenters. The number of carbonyl (C=O) groups excluding carboxylic acids is 1. The highest BCUT2D eigenvalue weighted by Crippen LogP contribution is 2.21. The number of hydrogen-bond donors (Lipinski definition) is 1. The zero-order valence-electron chi connectivity index (χ0n) is 10.3. The smallest absolute Gasteiger partial charge is 0.258 e. The molecule has 0 radical (unpaired) electrons. The summed E-state index contributed by atoms with van der Waals surface area (Å²) in [4.78, 5) is 13.9. The zero-order chi connectivity index (χ0) is 12.3. The normalized spacial score (nSPS) is 14.3.